The molecule has 0 spiro atoms. The van der Waals surface area contributed by atoms with Crippen LogP contribution in [0.15, 0.2) is 18.2 Å². The summed E-state index contributed by atoms with van der Waals surface area (Å²) in [6.07, 6.45) is -0.745. The summed E-state index contributed by atoms with van der Waals surface area (Å²) >= 11 is 0. The summed E-state index contributed by atoms with van der Waals surface area (Å²) < 4.78 is 0. The predicted molar refractivity (Wildman–Crippen MR) is 48.0 cm³/mol. The third-order valence-corrected chi connectivity index (χ3v) is 1.96. The lowest BCUT2D eigenvalue weighted by Gasteiger charge is -2.10. The van der Waals surface area contributed by atoms with Crippen LogP contribution in [0.1, 0.15) is 22.8 Å². The molecule has 0 radical (unpaired) electrons. The van der Waals surface area contributed by atoms with Gasteiger partial charge in [-0.1, -0.05) is 23.8 Å². The van der Waals surface area contributed by atoms with Gasteiger partial charge in [0.1, 0.15) is 6.10 Å². The van der Waals surface area contributed by atoms with Crippen molar-refractivity contribution in [2.24, 2.45) is 0 Å². The molecule has 0 bridgehead atoms. The third kappa shape index (κ3) is 1.84. The maximum Gasteiger partial charge on any atom is 0.102 e. The van der Waals surface area contributed by atoms with Crippen LogP contribution in [0.3, 0.4) is 0 Å². The maximum absolute atomic E-state index is 9.35. The molecule has 1 rings (SSSR count). The Labute approximate surface area is 72.5 Å². The monoisotopic (exact) mass is 166 g/mol. The van der Waals surface area contributed by atoms with Crippen LogP contribution in [0.5, 0.6) is 0 Å². The minimum absolute atomic E-state index is 0.218. The fourth-order valence-electron chi connectivity index (χ4n) is 1.30. The maximum atomic E-state index is 9.35. The molecule has 0 heterocycles. The number of aryl methyl sites for hydroxylation is 2. The molecule has 66 valence electrons. The number of aliphatic hydroxyl groups is 2. The van der Waals surface area contributed by atoms with Gasteiger partial charge < -0.3 is 10.2 Å². The molecule has 0 aliphatic heterocycles. The van der Waals surface area contributed by atoms with E-state index in [-0.39, 0.29) is 6.61 Å². The highest BCUT2D eigenvalue weighted by Crippen LogP contribution is 2.17. The molecule has 0 aliphatic carbocycles. The van der Waals surface area contributed by atoms with Crippen molar-refractivity contribution in [1.29, 1.82) is 0 Å². The highest BCUT2D eigenvalue weighted by atomic mass is 16.3. The third-order valence-electron chi connectivity index (χ3n) is 1.96. The van der Waals surface area contributed by atoms with E-state index in [0.717, 1.165) is 11.1 Å². The molecule has 2 heteroatoms. The van der Waals surface area contributed by atoms with Gasteiger partial charge in [-0.05, 0) is 25.0 Å². The zero-order chi connectivity index (χ0) is 9.14. The Morgan fingerprint density at radius 3 is 2.50 bits per heavy atom. The molecule has 1 aromatic rings. The summed E-state index contributed by atoms with van der Waals surface area (Å²) in [5.41, 5.74) is 3.00. The van der Waals surface area contributed by atoms with Gasteiger partial charge in [0.25, 0.3) is 0 Å². The lowest BCUT2D eigenvalue weighted by Crippen LogP contribution is -2.04. The highest BCUT2D eigenvalue weighted by Gasteiger charge is 2.07. The largest absolute Gasteiger partial charge is 0.393 e. The summed E-state index contributed by atoms with van der Waals surface area (Å²) in [5.74, 6) is 0. The zero-order valence-corrected chi connectivity index (χ0v) is 7.41. The van der Waals surface area contributed by atoms with Gasteiger partial charge >= 0.3 is 0 Å². The SMILES string of the molecule is Cc1ccc(C(O)CO)c(C)c1. The molecule has 0 saturated carbocycles. The minimum Gasteiger partial charge on any atom is -0.393 e. The van der Waals surface area contributed by atoms with E-state index in [2.05, 4.69) is 0 Å². The topological polar surface area (TPSA) is 40.5 Å². The molecular formula is C10H14O2. The van der Waals surface area contributed by atoms with Gasteiger partial charge in [-0.2, -0.15) is 0 Å². The first kappa shape index (κ1) is 9.23. The van der Waals surface area contributed by atoms with Gasteiger partial charge in [-0.15, -0.1) is 0 Å². The van der Waals surface area contributed by atoms with Crippen molar-refractivity contribution < 1.29 is 10.2 Å². The van der Waals surface area contributed by atoms with Crippen LogP contribution in [0.2, 0.25) is 0 Å². The van der Waals surface area contributed by atoms with Gasteiger partial charge in [-0.25, -0.2) is 0 Å². The first-order valence-electron chi connectivity index (χ1n) is 4.01. The number of rotatable bonds is 2. The first-order valence-corrected chi connectivity index (χ1v) is 4.01. The molecule has 1 aromatic carbocycles. The second kappa shape index (κ2) is 3.70. The van der Waals surface area contributed by atoms with Crippen molar-refractivity contribution in [2.45, 2.75) is 20.0 Å². The molecule has 0 aliphatic rings. The van der Waals surface area contributed by atoms with E-state index >= 15 is 0 Å². The Kier molecular flexibility index (Phi) is 2.84. The van der Waals surface area contributed by atoms with Gasteiger partial charge in [-0.3, -0.25) is 0 Å². The molecular weight excluding hydrogens is 152 g/mol. The van der Waals surface area contributed by atoms with E-state index in [4.69, 9.17) is 5.11 Å². The molecule has 1 unspecified atom stereocenters. The van der Waals surface area contributed by atoms with Crippen LogP contribution in [0.25, 0.3) is 0 Å². The van der Waals surface area contributed by atoms with Crippen LogP contribution in [-0.2, 0) is 0 Å². The molecule has 12 heavy (non-hydrogen) atoms. The van der Waals surface area contributed by atoms with E-state index in [9.17, 15) is 5.11 Å². The molecule has 0 amide bonds. The Bertz CT molecular complexity index is 269. The molecule has 1 atom stereocenters. The van der Waals surface area contributed by atoms with Crippen molar-refractivity contribution in [3.8, 4) is 0 Å². The number of hydrogen-bond acceptors (Lipinski definition) is 2. The van der Waals surface area contributed by atoms with Crippen molar-refractivity contribution in [3.05, 3.63) is 34.9 Å². The zero-order valence-electron chi connectivity index (χ0n) is 7.41. The van der Waals surface area contributed by atoms with E-state index in [0.29, 0.717) is 0 Å². The van der Waals surface area contributed by atoms with Crippen LogP contribution in [0.4, 0.5) is 0 Å². The molecule has 0 fully saturated rings. The quantitative estimate of drug-likeness (QED) is 0.695. The van der Waals surface area contributed by atoms with E-state index in [1.807, 2.05) is 32.0 Å². The summed E-state index contributed by atoms with van der Waals surface area (Å²) in [6.45, 7) is 3.72. The van der Waals surface area contributed by atoms with Crippen LogP contribution < -0.4 is 0 Å². The average Bonchev–Trinajstić information content (AvgIpc) is 2.03. The average molecular weight is 166 g/mol. The lowest BCUT2D eigenvalue weighted by atomic mass is 10.0. The summed E-state index contributed by atoms with van der Waals surface area (Å²) in [6, 6.07) is 5.78. The summed E-state index contributed by atoms with van der Waals surface area (Å²) in [5, 5.41) is 18.1. The number of hydrogen-bond donors (Lipinski definition) is 2. The number of aliphatic hydroxyl groups excluding tert-OH is 2. The Balaban J connectivity index is 3.01. The Morgan fingerprint density at radius 2 is 2.00 bits per heavy atom. The smallest absolute Gasteiger partial charge is 0.102 e. The van der Waals surface area contributed by atoms with Crippen molar-refractivity contribution in [1.82, 2.24) is 0 Å². The second-order valence-corrected chi connectivity index (χ2v) is 3.06. The highest BCUT2D eigenvalue weighted by molar-refractivity contribution is 5.31. The fraction of sp³-hybridized carbons (Fsp3) is 0.400. The lowest BCUT2D eigenvalue weighted by molar-refractivity contribution is 0.0951. The van der Waals surface area contributed by atoms with Gasteiger partial charge in [0.05, 0.1) is 6.61 Å². The van der Waals surface area contributed by atoms with E-state index in [1.54, 1.807) is 0 Å². The normalized spacial score (nSPS) is 13.0. The van der Waals surface area contributed by atoms with E-state index < -0.39 is 6.10 Å². The van der Waals surface area contributed by atoms with Crippen LogP contribution >= 0.6 is 0 Å². The van der Waals surface area contributed by atoms with Gasteiger partial charge in [0.2, 0.25) is 0 Å². The first-order chi connectivity index (χ1) is 5.65. The molecule has 0 aromatic heterocycles. The minimum atomic E-state index is -0.745. The number of benzene rings is 1. The van der Waals surface area contributed by atoms with Crippen LogP contribution in [0, 0.1) is 13.8 Å². The Morgan fingerprint density at radius 1 is 1.33 bits per heavy atom. The Hall–Kier alpha value is -0.860. The summed E-state index contributed by atoms with van der Waals surface area (Å²) in [4.78, 5) is 0. The van der Waals surface area contributed by atoms with Gasteiger partial charge in [0, 0.05) is 0 Å². The molecule has 2 N–H and O–H groups in total. The van der Waals surface area contributed by atoms with Crippen molar-refractivity contribution in [3.63, 3.8) is 0 Å². The molecule has 0 saturated heterocycles. The fourth-order valence-corrected chi connectivity index (χ4v) is 1.30. The van der Waals surface area contributed by atoms with E-state index in [1.165, 1.54) is 5.56 Å². The van der Waals surface area contributed by atoms with Crippen molar-refractivity contribution >= 4 is 0 Å². The standard InChI is InChI=1S/C10H14O2/c1-7-3-4-9(8(2)5-7)10(12)6-11/h3-5,10-12H,6H2,1-2H3. The van der Waals surface area contributed by atoms with Crippen LogP contribution in [-0.4, -0.2) is 16.8 Å². The predicted octanol–water partition coefficient (Wildman–Crippen LogP) is 1.33. The van der Waals surface area contributed by atoms with Crippen molar-refractivity contribution in [2.75, 3.05) is 6.61 Å². The molecule has 2 nitrogen and oxygen atoms in total. The summed E-state index contributed by atoms with van der Waals surface area (Å²) in [7, 11) is 0. The van der Waals surface area contributed by atoms with Gasteiger partial charge in [0.15, 0.2) is 0 Å². The second-order valence-electron chi connectivity index (χ2n) is 3.06.